The first-order valence-corrected chi connectivity index (χ1v) is 27.5. The van der Waals surface area contributed by atoms with Gasteiger partial charge in [0, 0.05) is 11.4 Å². The van der Waals surface area contributed by atoms with Crippen molar-refractivity contribution in [1.29, 1.82) is 0 Å². The van der Waals surface area contributed by atoms with Crippen molar-refractivity contribution in [1.82, 2.24) is 101 Å². The van der Waals surface area contributed by atoms with Gasteiger partial charge in [-0.1, -0.05) is 97.1 Å². The molecule has 6 heterocycles. The predicted molar refractivity (Wildman–Crippen MR) is 295 cm³/mol. The summed E-state index contributed by atoms with van der Waals surface area (Å²) in [6.45, 7) is 0. The van der Waals surface area contributed by atoms with E-state index < -0.39 is 30.0 Å². The Kier molecular flexibility index (Phi) is 17.4. The number of tetrazole rings is 4. The first kappa shape index (κ1) is 58.8. The normalized spacial score (nSPS) is 11.5. The van der Waals surface area contributed by atoms with Gasteiger partial charge in [0.1, 0.15) is 43.0 Å². The van der Waals surface area contributed by atoms with E-state index in [0.29, 0.717) is 22.7 Å². The van der Waals surface area contributed by atoms with E-state index in [0.717, 1.165) is 12.1 Å². The minimum absolute atomic E-state index is 0. The topological polar surface area (TPSA) is 364 Å². The summed E-state index contributed by atoms with van der Waals surface area (Å²) >= 11 is 9.66. The van der Waals surface area contributed by atoms with Gasteiger partial charge < -0.3 is 19.7 Å². The molecule has 0 fully saturated rings. The quantitative estimate of drug-likeness (QED) is 0.0424. The van der Waals surface area contributed by atoms with Gasteiger partial charge in [-0.3, -0.25) is 0 Å². The fourth-order valence-corrected chi connectivity index (χ4v) is 10.3. The second-order valence-electron chi connectivity index (χ2n) is 17.2. The van der Waals surface area contributed by atoms with Crippen LogP contribution in [0, 0.1) is 0 Å². The number of hydrogen-bond acceptors (Lipinski definition) is 26. The molecule has 0 aliphatic carbocycles. The summed E-state index contributed by atoms with van der Waals surface area (Å²) in [5, 5.41) is 55.1. The Morgan fingerprint density at radius 1 is 0.393 bits per heavy atom. The molecule has 12 aromatic rings. The molecular weight excluding hydrogens is 1180 g/mol. The van der Waals surface area contributed by atoms with Gasteiger partial charge >= 0.3 is 59.1 Å². The minimum atomic E-state index is -5.27. The summed E-state index contributed by atoms with van der Waals surface area (Å²) < 4.78 is 83.8. The zero-order chi connectivity index (χ0) is 56.5. The molecule has 2 N–H and O–H groups in total. The SMILES string of the molecule is O=S(=O)([O-])c1cc(Nc2nc(-c3nnnn3-c3ccccc3)c(S)c(-c3nnnn3-c3ccccc3)n2)ccc1C=Cc1ccc(Nc2nc(-c3nnnn3-c3ccccc3)c(S)c(-c3nnnn3-c3ccccc3)n2)cc1S(=O)(=O)[O-].[Na+].[Na+]. The van der Waals surface area contributed by atoms with Crippen LogP contribution in [0.2, 0.25) is 0 Å². The van der Waals surface area contributed by atoms with E-state index in [1.54, 1.807) is 97.1 Å². The average Bonchev–Trinajstić information content (AvgIpc) is 4.33. The largest absolute Gasteiger partial charge is 1.00 e. The molecule has 0 saturated heterocycles. The molecule has 0 spiro atoms. The smallest absolute Gasteiger partial charge is 0.744 e. The molecule has 0 aliphatic heterocycles. The maximum Gasteiger partial charge on any atom is 1.00 e. The van der Waals surface area contributed by atoms with Crippen LogP contribution >= 0.6 is 25.3 Å². The number of benzene rings is 6. The molecule has 0 atom stereocenters. The summed E-state index contributed by atoms with van der Waals surface area (Å²) in [6.07, 6.45) is 2.34. The molecule has 28 nitrogen and oxygen atoms in total. The van der Waals surface area contributed by atoms with Gasteiger partial charge in [-0.25, -0.2) is 36.8 Å². The fourth-order valence-electron chi connectivity index (χ4n) is 8.33. The Labute approximate surface area is 529 Å². The first-order valence-electron chi connectivity index (χ1n) is 23.8. The molecule has 404 valence electrons. The van der Waals surface area contributed by atoms with E-state index in [9.17, 15) is 25.9 Å². The third kappa shape index (κ3) is 12.2. The van der Waals surface area contributed by atoms with E-state index in [2.05, 4.69) is 92.7 Å². The predicted octanol–water partition coefficient (Wildman–Crippen LogP) is -0.111. The van der Waals surface area contributed by atoms with Crippen LogP contribution in [0.5, 0.6) is 0 Å². The van der Waals surface area contributed by atoms with Crippen LogP contribution in [0.4, 0.5) is 23.3 Å². The minimum Gasteiger partial charge on any atom is -0.744 e. The molecule has 84 heavy (non-hydrogen) atoms. The Morgan fingerprint density at radius 3 is 0.905 bits per heavy atom. The molecule has 0 saturated carbocycles. The molecular formula is C50H32N22Na2O6S4. The van der Waals surface area contributed by atoms with E-state index in [1.807, 2.05) is 24.3 Å². The van der Waals surface area contributed by atoms with E-state index in [1.165, 1.54) is 55.1 Å². The van der Waals surface area contributed by atoms with Crippen LogP contribution in [0.3, 0.4) is 0 Å². The van der Waals surface area contributed by atoms with Crippen molar-refractivity contribution in [3.8, 4) is 68.8 Å². The Hall–Kier alpha value is -8.38. The summed E-state index contributed by atoms with van der Waals surface area (Å²) in [4.78, 5) is 17.6. The van der Waals surface area contributed by atoms with Crippen molar-refractivity contribution in [3.63, 3.8) is 0 Å². The summed E-state index contributed by atoms with van der Waals surface area (Å²) in [5.74, 6) is 0.236. The van der Waals surface area contributed by atoms with Crippen molar-refractivity contribution in [2.75, 3.05) is 10.6 Å². The molecule has 34 heteroatoms. The van der Waals surface area contributed by atoms with E-state index in [-0.39, 0.29) is 149 Å². The van der Waals surface area contributed by atoms with Gasteiger partial charge in [0.05, 0.1) is 42.3 Å². The third-order valence-electron chi connectivity index (χ3n) is 12.0. The first-order chi connectivity index (χ1) is 39.7. The van der Waals surface area contributed by atoms with Gasteiger partial charge in [-0.2, -0.15) is 18.7 Å². The Bertz CT molecular complexity index is 4150. The second-order valence-corrected chi connectivity index (χ2v) is 20.8. The molecule has 12 rings (SSSR count). The average molecular weight is 1210 g/mol. The number of rotatable bonds is 16. The number of anilines is 4. The van der Waals surface area contributed by atoms with Crippen LogP contribution < -0.4 is 69.7 Å². The number of nitrogens with zero attached hydrogens (tertiary/aromatic N) is 20. The van der Waals surface area contributed by atoms with Gasteiger partial charge in [0.25, 0.3) is 0 Å². The fraction of sp³-hybridized carbons (Fsp3) is 0. The molecule has 0 amide bonds. The van der Waals surface area contributed by atoms with Gasteiger partial charge in [-0.15, -0.1) is 45.7 Å². The maximum absolute atomic E-state index is 13.0. The molecule has 0 bridgehead atoms. The van der Waals surface area contributed by atoms with Gasteiger partial charge in [-0.05, 0) is 126 Å². The van der Waals surface area contributed by atoms with Crippen molar-refractivity contribution < 1.29 is 85.1 Å². The van der Waals surface area contributed by atoms with Crippen LogP contribution in [0.15, 0.2) is 177 Å². The van der Waals surface area contributed by atoms with Crippen LogP contribution in [-0.4, -0.2) is 127 Å². The van der Waals surface area contributed by atoms with Crippen LogP contribution in [0.25, 0.3) is 81.0 Å². The molecule has 0 aliphatic rings. The molecule has 6 aromatic carbocycles. The van der Waals surface area contributed by atoms with Crippen molar-refractivity contribution >= 4 is 80.9 Å². The molecule has 0 radical (unpaired) electrons. The third-order valence-corrected chi connectivity index (χ3v) is 14.6. The standard InChI is InChI=1S/C50H34N22O6S4.2Na/c73-81(74,75)37-27-31(51-49-53-39(45-57-61-65-69(45)33-13-5-1-6-14-33)43(79)40(54-49)46-58-62-66-70(46)34-15-7-2-8-16-34)25-23-29(37)21-22-30-24-26-32(28-38(30)82(76,77)78)52-50-55-41(47-59-63-67-71(47)35-17-9-3-10-18-35)44(80)42(56-50)48-60-64-68-72(48)36-19-11-4-12-20-36;;/h1-28,79-80H,(H,51,53,54)(H,52,55,56)(H,73,74,75)(H,76,77,78);;/q;2*+1/p-2. The molecule has 6 aromatic heterocycles. The number of hydrogen-bond donors (Lipinski definition) is 4. The zero-order valence-electron chi connectivity index (χ0n) is 43.3. The van der Waals surface area contributed by atoms with E-state index in [4.69, 9.17) is 25.3 Å². The summed E-state index contributed by atoms with van der Waals surface area (Å²) in [7, 11) is -10.5. The Balaban J connectivity index is 0.00000393. The Morgan fingerprint density at radius 2 is 0.655 bits per heavy atom. The number of thiol groups is 2. The number of nitrogens with one attached hydrogen (secondary N) is 2. The number of aromatic nitrogens is 20. The summed E-state index contributed by atoms with van der Waals surface area (Å²) in [5.41, 5.74) is 2.45. The zero-order valence-corrected chi connectivity index (χ0v) is 50.7. The van der Waals surface area contributed by atoms with E-state index >= 15 is 0 Å². The molecule has 0 unspecified atom stereocenters. The van der Waals surface area contributed by atoms with Crippen molar-refractivity contribution in [3.05, 3.63) is 169 Å². The van der Waals surface area contributed by atoms with Gasteiger partial charge in [0.15, 0.2) is 0 Å². The van der Waals surface area contributed by atoms with Crippen LogP contribution in [0.1, 0.15) is 11.1 Å². The second kappa shape index (κ2) is 24.8. The van der Waals surface area contributed by atoms with Crippen molar-refractivity contribution in [2.24, 2.45) is 0 Å². The maximum atomic E-state index is 13.0. The summed E-state index contributed by atoms with van der Waals surface area (Å²) in [6, 6.07) is 43.3. The van der Waals surface area contributed by atoms with Crippen LogP contribution in [-0.2, 0) is 20.2 Å². The monoisotopic (exact) mass is 1210 g/mol. The van der Waals surface area contributed by atoms with Gasteiger partial charge in [0.2, 0.25) is 35.2 Å². The number of para-hydroxylation sites is 4. The van der Waals surface area contributed by atoms with Crippen molar-refractivity contribution in [2.45, 2.75) is 19.6 Å².